The third-order valence-corrected chi connectivity index (χ3v) is 4.98. The summed E-state index contributed by atoms with van der Waals surface area (Å²) in [6.45, 7) is 0. The Labute approximate surface area is 112 Å². The van der Waals surface area contributed by atoms with E-state index in [0.29, 0.717) is 22.1 Å². The van der Waals surface area contributed by atoms with Crippen LogP contribution in [0.25, 0.3) is 0 Å². The molecular weight excluding hydrogens is 268 g/mol. The summed E-state index contributed by atoms with van der Waals surface area (Å²) in [5.41, 5.74) is 11.2. The third kappa shape index (κ3) is 2.44. The molecule has 0 saturated heterocycles. The van der Waals surface area contributed by atoms with E-state index < -0.39 is 0 Å². The van der Waals surface area contributed by atoms with Crippen LogP contribution in [0.3, 0.4) is 0 Å². The fraction of sp³-hybridized carbons (Fsp3) is 0.600. The number of hydrogen-bond donors (Lipinski definition) is 2. The molecule has 4 N–H and O–H groups in total. The van der Waals surface area contributed by atoms with Gasteiger partial charge in [-0.05, 0) is 25.2 Å². The first kappa shape index (κ1) is 11.8. The number of nitrogen functional groups attached to an aromatic ring is 2. The van der Waals surface area contributed by atoms with E-state index >= 15 is 0 Å². The van der Waals surface area contributed by atoms with Crippen LogP contribution in [0.15, 0.2) is 0 Å². The Bertz CT molecular complexity index is 536. The molecule has 0 aliphatic heterocycles. The lowest BCUT2D eigenvalue weighted by Gasteiger charge is -2.06. The molecule has 96 valence electrons. The molecule has 18 heavy (non-hydrogen) atoms. The van der Waals surface area contributed by atoms with Gasteiger partial charge < -0.3 is 11.5 Å². The molecule has 0 bridgehead atoms. The minimum Gasteiger partial charge on any atom is -0.374 e. The van der Waals surface area contributed by atoms with E-state index in [1.54, 1.807) is 0 Å². The molecule has 1 saturated carbocycles. The van der Waals surface area contributed by atoms with Crippen LogP contribution in [-0.4, -0.2) is 20.4 Å². The summed E-state index contributed by atoms with van der Waals surface area (Å²) in [6, 6.07) is 0. The van der Waals surface area contributed by atoms with Crippen molar-refractivity contribution < 1.29 is 0 Å². The molecule has 2 atom stereocenters. The van der Waals surface area contributed by atoms with Crippen LogP contribution in [0.1, 0.15) is 35.2 Å². The van der Waals surface area contributed by atoms with Crippen LogP contribution >= 0.6 is 22.7 Å². The first-order valence-corrected chi connectivity index (χ1v) is 7.50. The second kappa shape index (κ2) is 4.77. The molecule has 3 rings (SSSR count). The van der Waals surface area contributed by atoms with E-state index in [0.717, 1.165) is 29.3 Å². The zero-order chi connectivity index (χ0) is 12.5. The van der Waals surface area contributed by atoms with E-state index in [1.165, 1.54) is 29.1 Å². The van der Waals surface area contributed by atoms with Gasteiger partial charge in [-0.3, -0.25) is 0 Å². The topological polar surface area (TPSA) is 104 Å². The summed E-state index contributed by atoms with van der Waals surface area (Å²) in [5, 5.41) is 19.2. The van der Waals surface area contributed by atoms with Crippen LogP contribution in [0.5, 0.6) is 0 Å². The van der Waals surface area contributed by atoms with Crippen molar-refractivity contribution in [1.29, 1.82) is 0 Å². The number of hydrogen-bond acceptors (Lipinski definition) is 8. The Morgan fingerprint density at radius 1 is 1.00 bits per heavy atom. The van der Waals surface area contributed by atoms with Crippen LogP contribution in [0.4, 0.5) is 10.3 Å². The van der Waals surface area contributed by atoms with E-state index in [4.69, 9.17) is 11.5 Å². The standard InChI is InChI=1S/C10H14N6S2/c11-9-15-13-7(17-9)4-5-1-2-6(3-5)8-14-16-10(12)18-8/h5-6H,1-4H2,(H2,11,15)(H2,12,16)/t5-,6-/m0/s1. The lowest BCUT2D eigenvalue weighted by molar-refractivity contribution is 0.531. The number of rotatable bonds is 3. The molecule has 0 aromatic carbocycles. The Hall–Kier alpha value is -1.28. The number of nitrogens with zero attached hydrogens (tertiary/aromatic N) is 4. The lowest BCUT2D eigenvalue weighted by atomic mass is 10.0. The fourth-order valence-electron chi connectivity index (χ4n) is 2.49. The largest absolute Gasteiger partial charge is 0.374 e. The predicted molar refractivity (Wildman–Crippen MR) is 72.4 cm³/mol. The highest BCUT2D eigenvalue weighted by atomic mass is 32.1. The number of anilines is 2. The summed E-state index contributed by atoms with van der Waals surface area (Å²) >= 11 is 2.99. The Kier molecular flexibility index (Phi) is 3.13. The van der Waals surface area contributed by atoms with Crippen molar-refractivity contribution in [2.75, 3.05) is 11.5 Å². The Balaban J connectivity index is 1.61. The van der Waals surface area contributed by atoms with E-state index in [9.17, 15) is 0 Å². The molecule has 0 unspecified atom stereocenters. The van der Waals surface area contributed by atoms with Crippen molar-refractivity contribution >= 4 is 32.9 Å². The second-order valence-electron chi connectivity index (χ2n) is 4.59. The van der Waals surface area contributed by atoms with Crippen molar-refractivity contribution in [3.05, 3.63) is 10.0 Å². The van der Waals surface area contributed by atoms with E-state index in [-0.39, 0.29) is 0 Å². The molecule has 0 amide bonds. The molecule has 1 fully saturated rings. The van der Waals surface area contributed by atoms with Gasteiger partial charge in [0.05, 0.1) is 0 Å². The number of nitrogens with two attached hydrogens (primary N) is 2. The van der Waals surface area contributed by atoms with Gasteiger partial charge in [0, 0.05) is 12.3 Å². The Morgan fingerprint density at radius 3 is 2.44 bits per heavy atom. The maximum absolute atomic E-state index is 5.62. The molecule has 2 aromatic heterocycles. The van der Waals surface area contributed by atoms with Gasteiger partial charge in [0.2, 0.25) is 10.3 Å². The predicted octanol–water partition coefficient (Wildman–Crippen LogP) is 1.68. The second-order valence-corrected chi connectivity index (χ2v) is 6.73. The molecule has 0 spiro atoms. The zero-order valence-electron chi connectivity index (χ0n) is 9.74. The van der Waals surface area contributed by atoms with Gasteiger partial charge in [0.1, 0.15) is 10.0 Å². The van der Waals surface area contributed by atoms with Crippen molar-refractivity contribution in [3.63, 3.8) is 0 Å². The smallest absolute Gasteiger partial charge is 0.203 e. The average molecular weight is 282 g/mol. The summed E-state index contributed by atoms with van der Waals surface area (Å²) in [5.74, 6) is 1.16. The molecule has 0 radical (unpaired) electrons. The Morgan fingerprint density at radius 2 is 1.78 bits per heavy atom. The molecule has 2 aromatic rings. The molecular formula is C10H14N6S2. The van der Waals surface area contributed by atoms with Gasteiger partial charge in [0.15, 0.2) is 0 Å². The number of aromatic nitrogens is 4. The van der Waals surface area contributed by atoms with E-state index in [2.05, 4.69) is 20.4 Å². The molecule has 6 nitrogen and oxygen atoms in total. The quantitative estimate of drug-likeness (QED) is 0.887. The van der Waals surface area contributed by atoms with Gasteiger partial charge in [-0.2, -0.15) is 0 Å². The molecule has 2 heterocycles. The minimum atomic E-state index is 0.509. The minimum absolute atomic E-state index is 0.509. The van der Waals surface area contributed by atoms with Crippen LogP contribution in [0, 0.1) is 5.92 Å². The summed E-state index contributed by atoms with van der Waals surface area (Å²) in [7, 11) is 0. The highest BCUT2D eigenvalue weighted by Gasteiger charge is 2.29. The summed E-state index contributed by atoms with van der Waals surface area (Å²) in [4.78, 5) is 0. The van der Waals surface area contributed by atoms with Gasteiger partial charge in [0.25, 0.3) is 0 Å². The van der Waals surface area contributed by atoms with Crippen LogP contribution in [-0.2, 0) is 6.42 Å². The molecule has 8 heteroatoms. The maximum Gasteiger partial charge on any atom is 0.203 e. The highest BCUT2D eigenvalue weighted by Crippen LogP contribution is 2.41. The SMILES string of the molecule is Nc1nnc(C[C@H]2CC[C@H](c3nnc(N)s3)C2)s1. The van der Waals surface area contributed by atoms with Gasteiger partial charge in [-0.25, -0.2) is 0 Å². The van der Waals surface area contributed by atoms with Gasteiger partial charge in [-0.15, -0.1) is 20.4 Å². The molecule has 1 aliphatic rings. The van der Waals surface area contributed by atoms with Crippen LogP contribution < -0.4 is 11.5 Å². The van der Waals surface area contributed by atoms with Crippen molar-refractivity contribution in [2.24, 2.45) is 5.92 Å². The zero-order valence-corrected chi connectivity index (χ0v) is 11.4. The first-order chi connectivity index (χ1) is 8.70. The van der Waals surface area contributed by atoms with Crippen molar-refractivity contribution in [2.45, 2.75) is 31.6 Å². The molecule has 1 aliphatic carbocycles. The first-order valence-electron chi connectivity index (χ1n) is 5.87. The summed E-state index contributed by atoms with van der Waals surface area (Å²) < 4.78 is 0. The third-order valence-electron chi connectivity index (χ3n) is 3.29. The summed E-state index contributed by atoms with van der Waals surface area (Å²) in [6.07, 6.45) is 4.46. The van der Waals surface area contributed by atoms with E-state index in [1.807, 2.05) is 0 Å². The normalized spacial score (nSPS) is 23.6. The van der Waals surface area contributed by atoms with Crippen LogP contribution in [0.2, 0.25) is 0 Å². The van der Waals surface area contributed by atoms with Gasteiger partial charge >= 0.3 is 0 Å². The lowest BCUT2D eigenvalue weighted by Crippen LogP contribution is -2.00. The highest BCUT2D eigenvalue weighted by molar-refractivity contribution is 7.15. The fourth-order valence-corrected chi connectivity index (χ4v) is 3.97. The average Bonchev–Trinajstić information content (AvgIpc) is 3.01. The maximum atomic E-state index is 5.62. The van der Waals surface area contributed by atoms with Crippen molar-refractivity contribution in [3.8, 4) is 0 Å². The van der Waals surface area contributed by atoms with Crippen molar-refractivity contribution in [1.82, 2.24) is 20.4 Å². The van der Waals surface area contributed by atoms with Gasteiger partial charge in [-0.1, -0.05) is 22.7 Å². The monoisotopic (exact) mass is 282 g/mol.